The molecule has 0 amide bonds. The Labute approximate surface area is 241 Å². The Bertz CT molecular complexity index is 1770. The summed E-state index contributed by atoms with van der Waals surface area (Å²) in [4.78, 5) is 10.2. The van der Waals surface area contributed by atoms with Gasteiger partial charge >= 0.3 is 0 Å². The minimum atomic E-state index is -0.303. The Kier molecular flexibility index (Phi) is 6.06. The second-order valence-corrected chi connectivity index (χ2v) is 11.6. The first-order valence-electron chi connectivity index (χ1n) is 14.9. The first kappa shape index (κ1) is 24.4. The third kappa shape index (κ3) is 4.58. The summed E-state index contributed by atoms with van der Waals surface area (Å²) in [7, 11) is 0. The van der Waals surface area contributed by atoms with Crippen LogP contribution in [0.2, 0.25) is 0 Å². The van der Waals surface area contributed by atoms with Gasteiger partial charge in [-0.2, -0.15) is 0 Å². The van der Waals surface area contributed by atoms with Crippen LogP contribution in [0.5, 0.6) is 0 Å². The average Bonchev–Trinajstić information content (AvgIpc) is 3.42. The molecule has 202 valence electrons. The van der Waals surface area contributed by atoms with Crippen LogP contribution in [0.25, 0.3) is 12.2 Å². The topological polar surface area (TPSA) is 46.0 Å². The molecule has 6 aliphatic rings. The molecule has 0 saturated heterocycles. The first-order chi connectivity index (χ1) is 20.3. The van der Waals surface area contributed by atoms with Crippen LogP contribution < -0.4 is 15.8 Å². The molecule has 0 radical (unpaired) electrons. The number of ether oxygens (including phenoxy) is 1. The lowest BCUT2D eigenvalue weighted by Gasteiger charge is -2.27. The summed E-state index contributed by atoms with van der Waals surface area (Å²) >= 11 is 0. The highest BCUT2D eigenvalue weighted by molar-refractivity contribution is 6.16. The molecule has 2 aromatic carbocycles. The number of nitrogens with one attached hydrogen (secondary N) is 1. The SMILES string of the molecule is C1=CCCC(C2=NC(C3=CC4OC5=C(C=CC(C6C=c7ccccc7=CC6)C5)C4C=C3)N=C(c3ccccc3)N2)=C1. The second kappa shape index (κ2) is 10.2. The molecule has 4 heteroatoms. The molecule has 0 spiro atoms. The van der Waals surface area contributed by atoms with Crippen molar-refractivity contribution in [2.45, 2.75) is 38.0 Å². The van der Waals surface area contributed by atoms with Crippen molar-refractivity contribution in [3.8, 4) is 0 Å². The summed E-state index contributed by atoms with van der Waals surface area (Å²) in [5.74, 6) is 4.15. The molecule has 5 unspecified atom stereocenters. The molecule has 0 bridgehead atoms. The number of fused-ring (bicyclic) bond motifs is 3. The van der Waals surface area contributed by atoms with Crippen LogP contribution in [0, 0.1) is 17.8 Å². The number of aliphatic imine (C=N–C) groups is 2. The maximum Gasteiger partial charge on any atom is 0.169 e. The van der Waals surface area contributed by atoms with E-state index < -0.39 is 0 Å². The van der Waals surface area contributed by atoms with E-state index in [1.54, 1.807) is 0 Å². The Morgan fingerprint density at radius 2 is 1.68 bits per heavy atom. The molecule has 41 heavy (non-hydrogen) atoms. The zero-order valence-corrected chi connectivity index (χ0v) is 23.0. The number of rotatable bonds is 4. The van der Waals surface area contributed by atoms with E-state index >= 15 is 0 Å². The standard InChI is InChI=1S/C37H33N3O/c1-3-10-25(11-4-1)35-38-36(26-12-5-2-6-13-26)40-37(39-35)30-18-20-32-31-19-17-29(22-33(31)41-34(32)23-30)28-16-15-24-9-7-8-14-27(24)21-28/h1-5,7-12,14-15,17-21,23,28-29,32,34,37H,6,13,16,22H2,(H,38,39,40). The molecule has 0 saturated carbocycles. The number of allylic oxidation sites excluding steroid dienone is 6. The highest BCUT2D eigenvalue weighted by Crippen LogP contribution is 2.44. The van der Waals surface area contributed by atoms with Crippen molar-refractivity contribution in [1.82, 2.24) is 5.32 Å². The van der Waals surface area contributed by atoms with Gasteiger partial charge in [0.15, 0.2) is 6.17 Å². The lowest BCUT2D eigenvalue weighted by molar-refractivity contribution is 0.150. The van der Waals surface area contributed by atoms with Crippen molar-refractivity contribution in [3.63, 3.8) is 0 Å². The molecule has 5 atom stereocenters. The average molecular weight is 536 g/mol. The van der Waals surface area contributed by atoms with E-state index in [4.69, 9.17) is 14.7 Å². The van der Waals surface area contributed by atoms with Crippen molar-refractivity contribution in [1.29, 1.82) is 0 Å². The number of benzene rings is 2. The van der Waals surface area contributed by atoms with E-state index in [1.165, 1.54) is 21.6 Å². The van der Waals surface area contributed by atoms with Crippen LogP contribution >= 0.6 is 0 Å². The summed E-state index contributed by atoms with van der Waals surface area (Å²) < 4.78 is 6.68. The molecule has 0 aromatic heterocycles. The quantitative estimate of drug-likeness (QED) is 0.549. The normalized spacial score (nSPS) is 29.3. The summed E-state index contributed by atoms with van der Waals surface area (Å²) in [5, 5.41) is 6.24. The molecule has 2 heterocycles. The van der Waals surface area contributed by atoms with Crippen LogP contribution in [0.4, 0.5) is 0 Å². The molecule has 4 aliphatic carbocycles. The Balaban J connectivity index is 1.05. The first-order valence-corrected chi connectivity index (χ1v) is 14.9. The molecule has 2 aliphatic heterocycles. The summed E-state index contributed by atoms with van der Waals surface area (Å²) in [6.07, 6.45) is 26.6. The van der Waals surface area contributed by atoms with Gasteiger partial charge < -0.3 is 10.1 Å². The van der Waals surface area contributed by atoms with E-state index in [0.29, 0.717) is 11.8 Å². The summed E-state index contributed by atoms with van der Waals surface area (Å²) in [6, 6.07) is 19.0. The number of hydrogen-bond acceptors (Lipinski definition) is 4. The minimum absolute atomic E-state index is 0.00763. The molecule has 0 fully saturated rings. The fraction of sp³-hybridized carbons (Fsp3) is 0.243. The van der Waals surface area contributed by atoms with Gasteiger partial charge in [-0.05, 0) is 58.8 Å². The molecule has 1 N–H and O–H groups in total. The van der Waals surface area contributed by atoms with Crippen LogP contribution in [0.1, 0.15) is 31.2 Å². The van der Waals surface area contributed by atoms with Crippen molar-refractivity contribution >= 4 is 23.8 Å². The van der Waals surface area contributed by atoms with Gasteiger partial charge in [0.25, 0.3) is 0 Å². The highest BCUT2D eigenvalue weighted by atomic mass is 16.5. The Morgan fingerprint density at radius 1 is 0.829 bits per heavy atom. The zero-order chi connectivity index (χ0) is 27.2. The predicted octanol–water partition coefficient (Wildman–Crippen LogP) is 5.66. The van der Waals surface area contributed by atoms with E-state index in [1.807, 2.05) is 6.07 Å². The molecule has 8 rings (SSSR count). The summed E-state index contributed by atoms with van der Waals surface area (Å²) in [5.41, 5.74) is 4.72. The second-order valence-electron chi connectivity index (χ2n) is 11.6. The zero-order valence-electron chi connectivity index (χ0n) is 23.0. The van der Waals surface area contributed by atoms with E-state index in [9.17, 15) is 0 Å². The smallest absolute Gasteiger partial charge is 0.169 e. The highest BCUT2D eigenvalue weighted by Gasteiger charge is 2.38. The van der Waals surface area contributed by atoms with Crippen LogP contribution in [0.15, 0.2) is 136 Å². The van der Waals surface area contributed by atoms with Crippen LogP contribution in [-0.4, -0.2) is 23.9 Å². The van der Waals surface area contributed by atoms with Gasteiger partial charge in [0, 0.05) is 23.5 Å². The van der Waals surface area contributed by atoms with Gasteiger partial charge in [-0.3, -0.25) is 0 Å². The fourth-order valence-corrected chi connectivity index (χ4v) is 6.84. The lowest BCUT2D eigenvalue weighted by atomic mass is 9.78. The lowest BCUT2D eigenvalue weighted by Crippen LogP contribution is -2.39. The van der Waals surface area contributed by atoms with Gasteiger partial charge in [-0.25, -0.2) is 9.98 Å². The fourth-order valence-electron chi connectivity index (χ4n) is 6.84. The van der Waals surface area contributed by atoms with Gasteiger partial charge in [-0.1, -0.05) is 109 Å². The van der Waals surface area contributed by atoms with Gasteiger partial charge in [0.1, 0.15) is 23.5 Å². The van der Waals surface area contributed by atoms with Crippen LogP contribution in [0.3, 0.4) is 0 Å². The van der Waals surface area contributed by atoms with Crippen molar-refractivity contribution in [3.05, 3.63) is 142 Å². The Hall–Kier alpha value is -4.44. The van der Waals surface area contributed by atoms with Gasteiger partial charge in [0.05, 0.1) is 0 Å². The van der Waals surface area contributed by atoms with Gasteiger partial charge in [0.2, 0.25) is 0 Å². The minimum Gasteiger partial charge on any atom is -0.489 e. The predicted molar refractivity (Wildman–Crippen MR) is 166 cm³/mol. The van der Waals surface area contributed by atoms with E-state index in [2.05, 4.69) is 115 Å². The number of amidine groups is 2. The maximum atomic E-state index is 6.68. The third-order valence-electron chi connectivity index (χ3n) is 9.06. The van der Waals surface area contributed by atoms with E-state index in [0.717, 1.165) is 54.3 Å². The summed E-state index contributed by atoms with van der Waals surface area (Å²) in [6.45, 7) is 0. The van der Waals surface area contributed by atoms with Gasteiger partial charge in [-0.15, -0.1) is 0 Å². The number of hydrogen-bond donors (Lipinski definition) is 1. The molecular weight excluding hydrogens is 502 g/mol. The van der Waals surface area contributed by atoms with Crippen LogP contribution in [-0.2, 0) is 4.74 Å². The molecular formula is C37H33N3O. The monoisotopic (exact) mass is 535 g/mol. The largest absolute Gasteiger partial charge is 0.489 e. The number of nitrogens with zero attached hydrogens (tertiary/aromatic N) is 2. The third-order valence-corrected chi connectivity index (χ3v) is 9.06. The van der Waals surface area contributed by atoms with Crippen molar-refractivity contribution in [2.75, 3.05) is 0 Å². The van der Waals surface area contributed by atoms with E-state index in [-0.39, 0.29) is 18.2 Å². The Morgan fingerprint density at radius 3 is 2.56 bits per heavy atom. The maximum absolute atomic E-state index is 6.68. The van der Waals surface area contributed by atoms with Crippen molar-refractivity contribution < 1.29 is 4.74 Å². The molecule has 2 aromatic rings. The van der Waals surface area contributed by atoms with Crippen molar-refractivity contribution in [2.24, 2.45) is 27.7 Å². The molecule has 4 nitrogen and oxygen atoms in total.